The van der Waals surface area contributed by atoms with Crippen molar-refractivity contribution in [3.63, 3.8) is 0 Å². The monoisotopic (exact) mass is 404 g/mol. The van der Waals surface area contributed by atoms with Crippen LogP contribution in [0.4, 0.5) is 0 Å². The molecule has 0 spiro atoms. The van der Waals surface area contributed by atoms with Gasteiger partial charge in [-0.05, 0) is 43.7 Å². The van der Waals surface area contributed by atoms with Crippen LogP contribution in [-0.2, 0) is 28.9 Å². The van der Waals surface area contributed by atoms with Crippen LogP contribution in [0.5, 0.6) is 0 Å². The van der Waals surface area contributed by atoms with Crippen molar-refractivity contribution in [1.29, 1.82) is 0 Å². The Balaban J connectivity index is 2.47. The van der Waals surface area contributed by atoms with Gasteiger partial charge in [0, 0.05) is 12.2 Å². The molecule has 29 heavy (non-hydrogen) atoms. The molecule has 6 nitrogen and oxygen atoms in total. The Kier molecular flexibility index (Phi) is 8.47. The largest absolute Gasteiger partial charge is 0.467 e. The predicted octanol–water partition coefficient (Wildman–Crippen LogP) is 3.77. The Morgan fingerprint density at radius 2 is 1.83 bits per heavy atom. The lowest BCUT2D eigenvalue weighted by Crippen LogP contribution is -2.57. The lowest BCUT2D eigenvalue weighted by atomic mass is 9.81. The number of hydrogen-bond donors (Lipinski definition) is 1. The SMILES string of the molecule is CCCCn1c(CCC)c(CC)cc(C(=O)NC2(C(=O)OC)CCCCC2)c1=O. The van der Waals surface area contributed by atoms with Gasteiger partial charge in [0.05, 0.1) is 7.11 Å². The molecule has 0 atom stereocenters. The van der Waals surface area contributed by atoms with Gasteiger partial charge in [0.25, 0.3) is 11.5 Å². The molecule has 1 saturated carbocycles. The van der Waals surface area contributed by atoms with Crippen LogP contribution < -0.4 is 10.9 Å². The van der Waals surface area contributed by atoms with Gasteiger partial charge in [-0.2, -0.15) is 0 Å². The second-order valence-electron chi connectivity index (χ2n) is 8.03. The van der Waals surface area contributed by atoms with Crippen LogP contribution in [0.1, 0.15) is 93.8 Å². The second-order valence-corrected chi connectivity index (χ2v) is 8.03. The third-order valence-corrected chi connectivity index (χ3v) is 5.97. The van der Waals surface area contributed by atoms with Crippen LogP contribution in [0.2, 0.25) is 0 Å². The minimum Gasteiger partial charge on any atom is -0.467 e. The zero-order valence-electron chi connectivity index (χ0n) is 18.4. The third kappa shape index (κ3) is 5.09. The maximum absolute atomic E-state index is 13.3. The molecule has 1 aliphatic rings. The maximum Gasteiger partial charge on any atom is 0.331 e. The number of aromatic nitrogens is 1. The molecule has 162 valence electrons. The lowest BCUT2D eigenvalue weighted by Gasteiger charge is -2.35. The third-order valence-electron chi connectivity index (χ3n) is 5.97. The van der Waals surface area contributed by atoms with Crippen molar-refractivity contribution in [1.82, 2.24) is 9.88 Å². The van der Waals surface area contributed by atoms with Crippen molar-refractivity contribution in [2.45, 2.75) is 97.1 Å². The van der Waals surface area contributed by atoms with E-state index in [0.29, 0.717) is 19.4 Å². The summed E-state index contributed by atoms with van der Waals surface area (Å²) in [6.45, 7) is 6.84. The number of aryl methyl sites for hydroxylation is 1. The summed E-state index contributed by atoms with van der Waals surface area (Å²) in [5.74, 6) is -0.888. The average molecular weight is 405 g/mol. The molecular weight excluding hydrogens is 368 g/mol. The fourth-order valence-electron chi connectivity index (χ4n) is 4.33. The van der Waals surface area contributed by atoms with Crippen LogP contribution in [-0.4, -0.2) is 29.1 Å². The summed E-state index contributed by atoms with van der Waals surface area (Å²) < 4.78 is 6.78. The van der Waals surface area contributed by atoms with E-state index < -0.39 is 17.4 Å². The molecule has 1 amide bonds. The van der Waals surface area contributed by atoms with Gasteiger partial charge < -0.3 is 14.6 Å². The van der Waals surface area contributed by atoms with Crippen molar-refractivity contribution in [2.75, 3.05) is 7.11 Å². The number of nitrogens with zero attached hydrogens (tertiary/aromatic N) is 1. The van der Waals surface area contributed by atoms with E-state index >= 15 is 0 Å². The minimum absolute atomic E-state index is 0.131. The topological polar surface area (TPSA) is 77.4 Å². The first kappa shape index (κ1) is 23.2. The molecule has 0 aromatic carbocycles. The first-order valence-electron chi connectivity index (χ1n) is 11.1. The van der Waals surface area contributed by atoms with Gasteiger partial charge in [-0.25, -0.2) is 4.79 Å². The number of pyridine rings is 1. The number of carbonyl (C=O) groups is 2. The van der Waals surface area contributed by atoms with Gasteiger partial charge in [-0.1, -0.05) is 52.9 Å². The Morgan fingerprint density at radius 1 is 1.14 bits per heavy atom. The highest BCUT2D eigenvalue weighted by Gasteiger charge is 2.42. The lowest BCUT2D eigenvalue weighted by molar-refractivity contribution is -0.149. The van der Waals surface area contributed by atoms with E-state index in [-0.39, 0.29) is 11.1 Å². The summed E-state index contributed by atoms with van der Waals surface area (Å²) in [6.07, 6.45) is 8.20. The number of ether oxygens (including phenoxy) is 1. The molecule has 1 N–H and O–H groups in total. The Bertz CT molecular complexity index is 776. The van der Waals surface area contributed by atoms with Gasteiger partial charge in [-0.3, -0.25) is 9.59 Å². The summed E-state index contributed by atoms with van der Waals surface area (Å²) in [5.41, 5.74) is 0.909. The molecule has 0 unspecified atom stereocenters. The number of methoxy groups -OCH3 is 1. The number of hydrogen-bond acceptors (Lipinski definition) is 4. The van der Waals surface area contributed by atoms with Crippen molar-refractivity contribution < 1.29 is 14.3 Å². The Morgan fingerprint density at radius 3 is 2.38 bits per heavy atom. The van der Waals surface area contributed by atoms with Crippen LogP contribution in [0.25, 0.3) is 0 Å². The highest BCUT2D eigenvalue weighted by Crippen LogP contribution is 2.29. The molecule has 0 bridgehead atoms. The van der Waals surface area contributed by atoms with E-state index in [0.717, 1.165) is 62.6 Å². The fourth-order valence-corrected chi connectivity index (χ4v) is 4.33. The predicted molar refractivity (Wildman–Crippen MR) is 114 cm³/mol. The van der Waals surface area contributed by atoms with Gasteiger partial charge in [0.2, 0.25) is 0 Å². The van der Waals surface area contributed by atoms with Crippen LogP contribution >= 0.6 is 0 Å². The molecule has 1 heterocycles. The first-order valence-corrected chi connectivity index (χ1v) is 11.1. The van der Waals surface area contributed by atoms with E-state index in [1.165, 1.54) is 7.11 Å². The van der Waals surface area contributed by atoms with Gasteiger partial charge in [-0.15, -0.1) is 0 Å². The quantitative estimate of drug-likeness (QED) is 0.636. The van der Waals surface area contributed by atoms with Gasteiger partial charge in [0.1, 0.15) is 11.1 Å². The Labute approximate surface area is 174 Å². The van der Waals surface area contributed by atoms with Crippen LogP contribution in [0, 0.1) is 0 Å². The van der Waals surface area contributed by atoms with E-state index in [9.17, 15) is 14.4 Å². The molecule has 1 aromatic rings. The second kappa shape index (κ2) is 10.6. The normalized spacial score (nSPS) is 15.7. The zero-order chi connectivity index (χ0) is 21.4. The molecular formula is C23H36N2O4. The summed E-state index contributed by atoms with van der Waals surface area (Å²) in [6, 6.07) is 1.74. The van der Waals surface area contributed by atoms with Gasteiger partial charge in [0.15, 0.2) is 0 Å². The number of carbonyl (C=O) groups excluding carboxylic acids is 2. The van der Waals surface area contributed by atoms with Crippen molar-refractivity contribution in [3.8, 4) is 0 Å². The number of unbranched alkanes of at least 4 members (excludes halogenated alkanes) is 1. The highest BCUT2D eigenvalue weighted by molar-refractivity contribution is 5.98. The number of rotatable bonds is 9. The smallest absolute Gasteiger partial charge is 0.331 e. The van der Waals surface area contributed by atoms with E-state index in [1.54, 1.807) is 10.6 Å². The van der Waals surface area contributed by atoms with Crippen molar-refractivity contribution >= 4 is 11.9 Å². The summed E-state index contributed by atoms with van der Waals surface area (Å²) in [4.78, 5) is 38.9. The van der Waals surface area contributed by atoms with E-state index in [1.807, 2.05) is 6.92 Å². The maximum atomic E-state index is 13.3. The number of nitrogens with one attached hydrogen (secondary N) is 1. The van der Waals surface area contributed by atoms with Gasteiger partial charge >= 0.3 is 5.97 Å². The molecule has 2 rings (SSSR count). The van der Waals surface area contributed by atoms with E-state index in [2.05, 4.69) is 19.2 Å². The van der Waals surface area contributed by atoms with Crippen molar-refractivity contribution in [2.24, 2.45) is 0 Å². The van der Waals surface area contributed by atoms with E-state index in [4.69, 9.17) is 4.74 Å². The molecule has 1 aliphatic carbocycles. The summed E-state index contributed by atoms with van der Waals surface area (Å²) >= 11 is 0. The molecule has 1 aromatic heterocycles. The summed E-state index contributed by atoms with van der Waals surface area (Å²) in [7, 11) is 1.34. The molecule has 0 aliphatic heterocycles. The minimum atomic E-state index is -1.03. The summed E-state index contributed by atoms with van der Waals surface area (Å²) in [5, 5.41) is 2.90. The average Bonchev–Trinajstić information content (AvgIpc) is 2.73. The number of esters is 1. The molecule has 1 fully saturated rings. The van der Waals surface area contributed by atoms with Crippen LogP contribution in [0.15, 0.2) is 10.9 Å². The first-order chi connectivity index (χ1) is 13.9. The van der Waals surface area contributed by atoms with Crippen molar-refractivity contribution in [3.05, 3.63) is 33.2 Å². The molecule has 6 heteroatoms. The Hall–Kier alpha value is -2.11. The standard InChI is InChI=1S/C23H36N2O4/c1-5-8-15-25-19(12-6-2)17(7-3)16-18(21(25)27)20(26)24-23(22(28)29-4)13-10-9-11-14-23/h16H,5-15H2,1-4H3,(H,24,26). The zero-order valence-corrected chi connectivity index (χ0v) is 18.4. The molecule has 0 saturated heterocycles. The highest BCUT2D eigenvalue weighted by atomic mass is 16.5. The van der Waals surface area contributed by atoms with Crippen LogP contribution in [0.3, 0.4) is 0 Å². The number of amides is 1. The molecule has 0 radical (unpaired) electrons. The fraction of sp³-hybridized carbons (Fsp3) is 0.696.